The molecule has 0 amide bonds. The van der Waals surface area contributed by atoms with E-state index < -0.39 is 0 Å². The molecule has 1 aromatic rings. The Bertz CT molecular complexity index is 416. The SMILES string of the molecule is CCCCCCCCCCNC1CCc2c(F)cccc21. The molecule has 0 saturated heterocycles. The van der Waals surface area contributed by atoms with Gasteiger partial charge in [0.25, 0.3) is 0 Å². The van der Waals surface area contributed by atoms with Gasteiger partial charge in [0.1, 0.15) is 5.82 Å². The van der Waals surface area contributed by atoms with Crippen LogP contribution < -0.4 is 5.32 Å². The van der Waals surface area contributed by atoms with Gasteiger partial charge in [0, 0.05) is 6.04 Å². The summed E-state index contributed by atoms with van der Waals surface area (Å²) in [6.07, 6.45) is 12.8. The maximum Gasteiger partial charge on any atom is 0.126 e. The van der Waals surface area contributed by atoms with Crippen molar-refractivity contribution in [1.82, 2.24) is 5.32 Å². The molecule has 0 saturated carbocycles. The van der Waals surface area contributed by atoms with Gasteiger partial charge in [0.2, 0.25) is 0 Å². The average Bonchev–Trinajstić information content (AvgIpc) is 2.90. The molecule has 0 spiro atoms. The summed E-state index contributed by atoms with van der Waals surface area (Å²) in [5, 5.41) is 3.61. The van der Waals surface area contributed by atoms with Crippen LogP contribution in [0.2, 0.25) is 0 Å². The summed E-state index contributed by atoms with van der Waals surface area (Å²) in [7, 11) is 0. The summed E-state index contributed by atoms with van der Waals surface area (Å²) >= 11 is 0. The van der Waals surface area contributed by atoms with Gasteiger partial charge in [-0.1, -0.05) is 64.0 Å². The van der Waals surface area contributed by atoms with Crippen LogP contribution in [0.25, 0.3) is 0 Å². The van der Waals surface area contributed by atoms with Gasteiger partial charge in [0.15, 0.2) is 0 Å². The fourth-order valence-corrected chi connectivity index (χ4v) is 3.36. The summed E-state index contributed by atoms with van der Waals surface area (Å²) in [4.78, 5) is 0. The monoisotopic (exact) mass is 291 g/mol. The summed E-state index contributed by atoms with van der Waals surface area (Å²) < 4.78 is 13.7. The van der Waals surface area contributed by atoms with E-state index in [9.17, 15) is 4.39 Å². The highest BCUT2D eigenvalue weighted by Crippen LogP contribution is 2.32. The Morgan fingerprint density at radius 1 is 1.05 bits per heavy atom. The Morgan fingerprint density at radius 2 is 1.76 bits per heavy atom. The van der Waals surface area contributed by atoms with Crippen molar-refractivity contribution in [3.8, 4) is 0 Å². The van der Waals surface area contributed by atoms with Crippen molar-refractivity contribution in [3.05, 3.63) is 35.1 Å². The van der Waals surface area contributed by atoms with E-state index in [-0.39, 0.29) is 5.82 Å². The topological polar surface area (TPSA) is 12.0 Å². The third-order valence-electron chi connectivity index (χ3n) is 4.63. The zero-order chi connectivity index (χ0) is 14.9. The minimum Gasteiger partial charge on any atom is -0.310 e. The number of hydrogen-bond donors (Lipinski definition) is 1. The van der Waals surface area contributed by atoms with Crippen molar-refractivity contribution in [3.63, 3.8) is 0 Å². The van der Waals surface area contributed by atoms with E-state index in [1.54, 1.807) is 6.07 Å². The third-order valence-corrected chi connectivity index (χ3v) is 4.63. The lowest BCUT2D eigenvalue weighted by molar-refractivity contribution is 0.498. The van der Waals surface area contributed by atoms with Gasteiger partial charge in [-0.2, -0.15) is 0 Å². The van der Waals surface area contributed by atoms with Gasteiger partial charge in [0.05, 0.1) is 0 Å². The van der Waals surface area contributed by atoms with E-state index >= 15 is 0 Å². The van der Waals surface area contributed by atoms with Gasteiger partial charge in [-0.3, -0.25) is 0 Å². The normalized spacial score (nSPS) is 17.1. The molecule has 2 rings (SSSR count). The number of halogens is 1. The molecule has 21 heavy (non-hydrogen) atoms. The van der Waals surface area contributed by atoms with Crippen LogP contribution in [0.15, 0.2) is 18.2 Å². The Kier molecular flexibility index (Phi) is 7.21. The molecule has 1 aromatic carbocycles. The Morgan fingerprint density at radius 3 is 2.52 bits per heavy atom. The zero-order valence-corrected chi connectivity index (χ0v) is 13.5. The number of nitrogens with one attached hydrogen (secondary N) is 1. The Labute approximate surface area is 129 Å². The number of fused-ring (bicyclic) bond motifs is 1. The zero-order valence-electron chi connectivity index (χ0n) is 13.5. The van der Waals surface area contributed by atoms with E-state index in [2.05, 4.69) is 18.3 Å². The van der Waals surface area contributed by atoms with Gasteiger partial charge >= 0.3 is 0 Å². The summed E-state index contributed by atoms with van der Waals surface area (Å²) in [6.45, 7) is 3.33. The molecule has 1 aliphatic rings. The fraction of sp³-hybridized carbons (Fsp3) is 0.684. The second-order valence-corrected chi connectivity index (χ2v) is 6.33. The maximum atomic E-state index is 13.7. The number of rotatable bonds is 10. The van der Waals surface area contributed by atoms with E-state index in [4.69, 9.17) is 0 Å². The van der Waals surface area contributed by atoms with Crippen LogP contribution in [0.5, 0.6) is 0 Å². The van der Waals surface area contributed by atoms with Crippen LogP contribution >= 0.6 is 0 Å². The first-order chi connectivity index (χ1) is 10.3. The molecule has 0 fully saturated rings. The summed E-state index contributed by atoms with van der Waals surface area (Å²) in [6, 6.07) is 5.88. The fourth-order valence-electron chi connectivity index (χ4n) is 3.36. The highest BCUT2D eigenvalue weighted by Gasteiger charge is 2.23. The highest BCUT2D eigenvalue weighted by molar-refractivity contribution is 5.35. The predicted octanol–water partition coefficient (Wildman–Crippen LogP) is 5.54. The molecule has 2 heteroatoms. The largest absolute Gasteiger partial charge is 0.310 e. The van der Waals surface area contributed by atoms with Crippen molar-refractivity contribution in [2.24, 2.45) is 0 Å². The molecule has 0 aromatic heterocycles. The Hall–Kier alpha value is -0.890. The van der Waals surface area contributed by atoms with Crippen molar-refractivity contribution >= 4 is 0 Å². The number of benzene rings is 1. The van der Waals surface area contributed by atoms with E-state index in [1.807, 2.05) is 6.07 Å². The Balaban J connectivity index is 1.56. The molecule has 118 valence electrons. The second-order valence-electron chi connectivity index (χ2n) is 6.33. The average molecular weight is 291 g/mol. The summed E-state index contributed by atoms with van der Waals surface area (Å²) in [5.74, 6) is -0.0242. The van der Waals surface area contributed by atoms with Crippen LogP contribution in [-0.4, -0.2) is 6.54 Å². The number of hydrogen-bond acceptors (Lipinski definition) is 1. The smallest absolute Gasteiger partial charge is 0.126 e. The molecule has 1 unspecified atom stereocenters. The maximum absolute atomic E-state index is 13.7. The van der Waals surface area contributed by atoms with Crippen LogP contribution in [0.3, 0.4) is 0 Å². The molecule has 0 heterocycles. The summed E-state index contributed by atoms with van der Waals surface area (Å²) in [5.41, 5.74) is 2.13. The van der Waals surface area contributed by atoms with Gasteiger partial charge < -0.3 is 5.32 Å². The van der Waals surface area contributed by atoms with Crippen LogP contribution in [0, 0.1) is 5.82 Å². The molecule has 1 atom stereocenters. The lowest BCUT2D eigenvalue weighted by Gasteiger charge is -2.14. The quantitative estimate of drug-likeness (QED) is 0.558. The highest BCUT2D eigenvalue weighted by atomic mass is 19.1. The van der Waals surface area contributed by atoms with Crippen molar-refractivity contribution in [2.45, 2.75) is 77.2 Å². The van der Waals surface area contributed by atoms with Gasteiger partial charge in [-0.05, 0) is 43.0 Å². The van der Waals surface area contributed by atoms with Crippen molar-refractivity contribution < 1.29 is 4.39 Å². The third kappa shape index (κ3) is 5.10. The van der Waals surface area contributed by atoms with Gasteiger partial charge in [-0.15, -0.1) is 0 Å². The lowest BCUT2D eigenvalue weighted by atomic mass is 10.1. The van der Waals surface area contributed by atoms with Crippen molar-refractivity contribution in [1.29, 1.82) is 0 Å². The second kappa shape index (κ2) is 9.19. The lowest BCUT2D eigenvalue weighted by Crippen LogP contribution is -2.20. The first-order valence-corrected chi connectivity index (χ1v) is 8.83. The minimum atomic E-state index is -0.0242. The molecule has 0 aliphatic heterocycles. The predicted molar refractivity (Wildman–Crippen MR) is 88.1 cm³/mol. The standard InChI is InChI=1S/C19H30FN/c1-2-3-4-5-6-7-8-9-15-21-19-14-13-16-17(19)11-10-12-18(16)20/h10-12,19,21H,2-9,13-15H2,1H3. The molecule has 1 N–H and O–H groups in total. The molecular weight excluding hydrogens is 261 g/mol. The van der Waals surface area contributed by atoms with Crippen LogP contribution in [0.1, 0.15) is 81.9 Å². The first kappa shape index (κ1) is 16.5. The first-order valence-electron chi connectivity index (χ1n) is 8.83. The molecule has 0 bridgehead atoms. The van der Waals surface area contributed by atoms with E-state index in [0.717, 1.165) is 24.9 Å². The van der Waals surface area contributed by atoms with Crippen LogP contribution in [0.4, 0.5) is 4.39 Å². The van der Waals surface area contributed by atoms with Crippen molar-refractivity contribution in [2.75, 3.05) is 6.54 Å². The minimum absolute atomic E-state index is 0.0242. The molecule has 1 nitrogen and oxygen atoms in total. The molecular formula is C19H30FN. The van der Waals surface area contributed by atoms with E-state index in [1.165, 1.54) is 56.9 Å². The van der Waals surface area contributed by atoms with E-state index in [0.29, 0.717) is 6.04 Å². The molecule has 0 radical (unpaired) electrons. The van der Waals surface area contributed by atoms with Crippen LogP contribution in [-0.2, 0) is 6.42 Å². The van der Waals surface area contributed by atoms with Gasteiger partial charge in [-0.25, -0.2) is 4.39 Å². The molecule has 1 aliphatic carbocycles. The number of unbranched alkanes of at least 4 members (excludes halogenated alkanes) is 7.